The third-order valence-electron chi connectivity index (χ3n) is 5.78. The summed E-state index contributed by atoms with van der Waals surface area (Å²) in [5.74, 6) is 0.786. The zero-order valence-corrected chi connectivity index (χ0v) is 24.0. The second-order valence-electron chi connectivity index (χ2n) is 10.7. The molecule has 206 valence electrons. The maximum Gasteiger partial charge on any atom is 0.407 e. The maximum absolute atomic E-state index is 13.3. The van der Waals surface area contributed by atoms with Crippen LogP contribution in [0.5, 0.6) is 0 Å². The fourth-order valence-corrected chi connectivity index (χ4v) is 5.26. The summed E-state index contributed by atoms with van der Waals surface area (Å²) >= 11 is 7.89. The third-order valence-corrected chi connectivity index (χ3v) is 7.04. The lowest BCUT2D eigenvalue weighted by Gasteiger charge is -2.41. The van der Waals surface area contributed by atoms with Crippen LogP contribution in [0, 0.1) is 5.41 Å². The lowest BCUT2D eigenvalue weighted by atomic mass is 9.85. The number of nitrogens with zero attached hydrogens (tertiary/aromatic N) is 1. The van der Waals surface area contributed by atoms with E-state index in [1.54, 1.807) is 50.7 Å². The van der Waals surface area contributed by atoms with Gasteiger partial charge < -0.3 is 20.1 Å². The molecule has 2 rings (SSSR count). The average Bonchev–Trinajstić information content (AvgIpc) is 2.79. The normalized spacial score (nSPS) is 17.4. The molecule has 0 bridgehead atoms. The Bertz CT molecular complexity index is 982. The van der Waals surface area contributed by atoms with Crippen molar-refractivity contribution < 1.29 is 28.7 Å². The maximum atomic E-state index is 13.3. The number of alkyl carbamates (subject to hydrolysis) is 1. The number of halogens is 1. The highest BCUT2D eigenvalue weighted by molar-refractivity contribution is 7.99. The molecule has 0 spiro atoms. The number of amides is 2. The summed E-state index contributed by atoms with van der Waals surface area (Å²) in [5, 5.41) is 6.26. The van der Waals surface area contributed by atoms with Crippen LogP contribution in [0.1, 0.15) is 52.7 Å². The van der Waals surface area contributed by atoms with Crippen LogP contribution < -0.4 is 10.6 Å². The van der Waals surface area contributed by atoms with Crippen molar-refractivity contribution in [3.8, 4) is 0 Å². The number of hydrogen-bond donors (Lipinski definition) is 2. The molecule has 9 nitrogen and oxygen atoms in total. The van der Waals surface area contributed by atoms with Gasteiger partial charge in [-0.1, -0.05) is 31.5 Å². The van der Waals surface area contributed by atoms with E-state index in [9.17, 15) is 19.2 Å². The van der Waals surface area contributed by atoms with E-state index in [0.717, 1.165) is 16.9 Å². The molecule has 1 aliphatic heterocycles. The van der Waals surface area contributed by atoms with Gasteiger partial charge in [0.25, 0.3) is 0 Å². The van der Waals surface area contributed by atoms with Gasteiger partial charge in [0.05, 0.1) is 6.04 Å². The van der Waals surface area contributed by atoms with Crippen molar-refractivity contribution >= 4 is 47.6 Å². The Labute approximate surface area is 228 Å². The summed E-state index contributed by atoms with van der Waals surface area (Å²) in [6, 6.07) is 4.89. The van der Waals surface area contributed by atoms with Gasteiger partial charge in [0.15, 0.2) is 12.4 Å². The molecule has 1 aliphatic rings. The second-order valence-corrected chi connectivity index (χ2v) is 12.3. The van der Waals surface area contributed by atoms with Gasteiger partial charge in [-0.15, -0.1) is 0 Å². The number of hydrogen-bond acceptors (Lipinski definition) is 8. The van der Waals surface area contributed by atoms with Gasteiger partial charge >= 0.3 is 12.1 Å². The molecule has 2 N–H and O–H groups in total. The smallest absolute Gasteiger partial charge is 0.407 e. The Balaban J connectivity index is 2.07. The molecular formula is C26H38ClN3O6S. The van der Waals surface area contributed by atoms with Gasteiger partial charge in [-0.25, -0.2) is 4.79 Å². The predicted molar refractivity (Wildman–Crippen MR) is 144 cm³/mol. The fraction of sp³-hybridized carbons (Fsp3) is 0.615. The molecule has 2 atom stereocenters. The summed E-state index contributed by atoms with van der Waals surface area (Å²) < 4.78 is 10.5. The molecule has 0 saturated carbocycles. The van der Waals surface area contributed by atoms with Crippen LogP contribution >= 0.6 is 23.4 Å². The van der Waals surface area contributed by atoms with E-state index < -0.39 is 35.2 Å². The quantitative estimate of drug-likeness (QED) is 0.333. The highest BCUT2D eigenvalue weighted by Gasteiger charge is 2.38. The van der Waals surface area contributed by atoms with Crippen LogP contribution in [0.2, 0.25) is 5.02 Å². The summed E-state index contributed by atoms with van der Waals surface area (Å²) in [5.41, 5.74) is 0.301. The Morgan fingerprint density at radius 2 is 1.84 bits per heavy atom. The highest BCUT2D eigenvalue weighted by Crippen LogP contribution is 2.28. The topological polar surface area (TPSA) is 114 Å². The van der Waals surface area contributed by atoms with E-state index >= 15 is 0 Å². The summed E-state index contributed by atoms with van der Waals surface area (Å²) in [6.45, 7) is 11.9. The minimum absolute atomic E-state index is 0.149. The molecule has 1 heterocycles. The van der Waals surface area contributed by atoms with Gasteiger partial charge in [0.2, 0.25) is 5.91 Å². The number of benzene rings is 1. The van der Waals surface area contributed by atoms with Gasteiger partial charge in [-0.2, -0.15) is 11.8 Å². The van der Waals surface area contributed by atoms with Crippen molar-refractivity contribution in [2.75, 3.05) is 24.6 Å². The number of esters is 1. The van der Waals surface area contributed by atoms with Crippen LogP contribution in [-0.4, -0.2) is 71.5 Å². The van der Waals surface area contributed by atoms with Crippen LogP contribution in [0.3, 0.4) is 0 Å². The Kier molecular flexibility index (Phi) is 11.3. The molecule has 1 saturated heterocycles. The van der Waals surface area contributed by atoms with E-state index in [0.29, 0.717) is 30.2 Å². The lowest BCUT2D eigenvalue weighted by Crippen LogP contribution is -2.55. The Hall–Kier alpha value is -2.30. The fourth-order valence-electron chi connectivity index (χ4n) is 3.95. The van der Waals surface area contributed by atoms with Crippen molar-refractivity contribution in [3.63, 3.8) is 0 Å². The van der Waals surface area contributed by atoms with Crippen LogP contribution in [-0.2, 0) is 36.9 Å². The first-order valence-electron chi connectivity index (χ1n) is 12.2. The minimum Gasteiger partial charge on any atom is -0.454 e. The van der Waals surface area contributed by atoms with E-state index in [1.165, 1.54) is 6.92 Å². The number of carbonyl (C=O) groups excluding carboxylic acids is 4. The number of thioether (sulfide) groups is 1. The Morgan fingerprint density at radius 3 is 2.46 bits per heavy atom. The van der Waals surface area contributed by atoms with E-state index in [-0.39, 0.29) is 19.0 Å². The van der Waals surface area contributed by atoms with Crippen molar-refractivity contribution in [3.05, 3.63) is 34.3 Å². The predicted octanol–water partition coefficient (Wildman–Crippen LogP) is 3.56. The zero-order valence-electron chi connectivity index (χ0n) is 22.4. The van der Waals surface area contributed by atoms with E-state index in [1.807, 2.05) is 18.7 Å². The van der Waals surface area contributed by atoms with E-state index in [2.05, 4.69) is 10.6 Å². The number of nitrogens with one attached hydrogen (secondary N) is 2. The molecule has 37 heavy (non-hydrogen) atoms. The SMILES string of the molecule is CC(=O)O[C@@H](C=O)C(C)(C)CN1CCSC[C@H]1C(=O)NCc1cc(Cl)ccc1CNC(=O)OC(C)(C)C. The number of ether oxygens (including phenoxy) is 2. The highest BCUT2D eigenvalue weighted by atomic mass is 35.5. The van der Waals surface area contributed by atoms with Crippen LogP contribution in [0.4, 0.5) is 4.79 Å². The molecule has 11 heteroatoms. The molecule has 1 aromatic rings. The second kappa shape index (κ2) is 13.5. The Morgan fingerprint density at radius 1 is 1.16 bits per heavy atom. The molecule has 0 radical (unpaired) electrons. The molecule has 0 unspecified atom stereocenters. The van der Waals surface area contributed by atoms with Crippen LogP contribution in [0.25, 0.3) is 0 Å². The number of carbonyl (C=O) groups is 4. The molecule has 1 aromatic carbocycles. The largest absolute Gasteiger partial charge is 0.454 e. The third kappa shape index (κ3) is 10.2. The zero-order chi connectivity index (χ0) is 27.8. The number of rotatable bonds is 10. The first-order chi connectivity index (χ1) is 17.2. The van der Waals surface area contributed by atoms with Gasteiger partial charge in [0.1, 0.15) is 5.60 Å². The van der Waals surface area contributed by atoms with Gasteiger partial charge in [-0.3, -0.25) is 19.3 Å². The average molecular weight is 556 g/mol. The number of aldehydes is 1. The lowest BCUT2D eigenvalue weighted by molar-refractivity contribution is -0.157. The van der Waals surface area contributed by atoms with Gasteiger partial charge in [-0.05, 0) is 44.0 Å². The first-order valence-corrected chi connectivity index (χ1v) is 13.7. The van der Waals surface area contributed by atoms with Crippen LogP contribution in [0.15, 0.2) is 18.2 Å². The monoisotopic (exact) mass is 555 g/mol. The van der Waals surface area contributed by atoms with E-state index in [4.69, 9.17) is 21.1 Å². The molecule has 0 aromatic heterocycles. The molecule has 1 fully saturated rings. The van der Waals surface area contributed by atoms with Crippen molar-refractivity contribution in [1.82, 2.24) is 15.5 Å². The van der Waals surface area contributed by atoms with Crippen molar-refractivity contribution in [2.24, 2.45) is 5.41 Å². The van der Waals surface area contributed by atoms with Gasteiger partial charge in [0, 0.05) is 55.0 Å². The summed E-state index contributed by atoms with van der Waals surface area (Å²) in [6.07, 6.45) is -0.798. The molecular weight excluding hydrogens is 518 g/mol. The molecule has 2 amide bonds. The van der Waals surface area contributed by atoms with Crippen molar-refractivity contribution in [2.45, 2.75) is 72.4 Å². The first kappa shape index (κ1) is 30.9. The standard InChI is InChI=1S/C26H38ClN3O6S/c1-17(32)35-22(14-31)26(5,6)16-30-9-10-37-15-21(30)23(33)28-13-19-11-20(27)8-7-18(19)12-29-24(34)36-25(2,3)4/h7-8,11,14,21-22H,9-10,12-13,15-16H2,1-6H3,(H,28,33)(H,29,34)/t21-,22-/m0/s1. The van der Waals surface area contributed by atoms with Crippen molar-refractivity contribution in [1.29, 1.82) is 0 Å². The minimum atomic E-state index is -0.908. The molecule has 0 aliphatic carbocycles. The summed E-state index contributed by atoms with van der Waals surface area (Å²) in [4.78, 5) is 50.4. The summed E-state index contributed by atoms with van der Waals surface area (Å²) in [7, 11) is 0.